The lowest BCUT2D eigenvalue weighted by molar-refractivity contribution is -0.130. The molecule has 0 aromatic heterocycles. The first-order valence-corrected chi connectivity index (χ1v) is 8.26. The minimum Gasteiger partial charge on any atom is -0.357 e. The van der Waals surface area contributed by atoms with Crippen molar-refractivity contribution in [3.63, 3.8) is 0 Å². The van der Waals surface area contributed by atoms with Gasteiger partial charge in [-0.25, -0.2) is 0 Å². The minimum absolute atomic E-state index is 0.00174. The molecule has 0 aromatic rings. The maximum atomic E-state index is 11.9. The number of aliphatic imine (C=N–C) groups is 1. The average Bonchev–Trinajstić information content (AvgIpc) is 2.58. The van der Waals surface area contributed by atoms with Crippen LogP contribution in [0.1, 0.15) is 59.8 Å². The number of hydrogen-bond acceptors (Lipinski definition) is 2. The standard InChI is InChI=1S/C16H32N4O/c1-5-17-15(19-16(2,3)4)18-11-9-13-20-12-8-6-7-10-14(20)21/h5-13H2,1-4H3,(H2,17,18,19). The van der Waals surface area contributed by atoms with Crippen LogP contribution in [0.2, 0.25) is 0 Å². The number of carbonyl (C=O) groups excluding carboxylic acids is 1. The fourth-order valence-electron chi connectivity index (χ4n) is 2.39. The van der Waals surface area contributed by atoms with Gasteiger partial charge in [0.05, 0.1) is 0 Å². The second-order valence-electron chi connectivity index (χ2n) is 6.68. The van der Waals surface area contributed by atoms with Gasteiger partial charge in [0.15, 0.2) is 5.96 Å². The lowest BCUT2D eigenvalue weighted by Gasteiger charge is -2.24. The third-order valence-electron chi connectivity index (χ3n) is 3.37. The number of carbonyl (C=O) groups is 1. The van der Waals surface area contributed by atoms with Gasteiger partial charge in [0.25, 0.3) is 0 Å². The molecule has 5 nitrogen and oxygen atoms in total. The van der Waals surface area contributed by atoms with Crippen molar-refractivity contribution >= 4 is 11.9 Å². The zero-order valence-corrected chi connectivity index (χ0v) is 14.2. The molecule has 0 radical (unpaired) electrons. The van der Waals surface area contributed by atoms with E-state index in [4.69, 9.17) is 0 Å². The van der Waals surface area contributed by atoms with E-state index in [2.05, 4.69) is 43.3 Å². The summed E-state index contributed by atoms with van der Waals surface area (Å²) in [5, 5.41) is 6.63. The van der Waals surface area contributed by atoms with Gasteiger partial charge in [-0.2, -0.15) is 0 Å². The van der Waals surface area contributed by atoms with Gasteiger partial charge in [0.1, 0.15) is 0 Å². The van der Waals surface area contributed by atoms with E-state index < -0.39 is 0 Å². The fraction of sp³-hybridized carbons (Fsp3) is 0.875. The first-order chi connectivity index (χ1) is 9.92. The van der Waals surface area contributed by atoms with E-state index >= 15 is 0 Å². The fourth-order valence-corrected chi connectivity index (χ4v) is 2.39. The second kappa shape index (κ2) is 8.90. The molecular formula is C16H32N4O. The van der Waals surface area contributed by atoms with Crippen LogP contribution in [0.5, 0.6) is 0 Å². The van der Waals surface area contributed by atoms with Gasteiger partial charge in [-0.05, 0) is 47.0 Å². The molecule has 21 heavy (non-hydrogen) atoms. The number of likely N-dealkylation sites (tertiary alicyclic amines) is 1. The Balaban J connectivity index is 2.37. The van der Waals surface area contributed by atoms with Crippen molar-refractivity contribution in [1.82, 2.24) is 15.5 Å². The third-order valence-corrected chi connectivity index (χ3v) is 3.37. The minimum atomic E-state index is 0.00174. The quantitative estimate of drug-likeness (QED) is 0.464. The van der Waals surface area contributed by atoms with E-state index in [1.807, 2.05) is 4.90 Å². The highest BCUT2D eigenvalue weighted by molar-refractivity contribution is 5.80. The highest BCUT2D eigenvalue weighted by Gasteiger charge is 2.15. The average molecular weight is 296 g/mol. The van der Waals surface area contributed by atoms with Gasteiger partial charge < -0.3 is 15.5 Å². The molecule has 1 aliphatic heterocycles. The largest absolute Gasteiger partial charge is 0.357 e. The first kappa shape index (κ1) is 17.8. The molecule has 122 valence electrons. The molecule has 1 fully saturated rings. The number of amides is 1. The summed E-state index contributed by atoms with van der Waals surface area (Å²) in [5.74, 6) is 1.17. The van der Waals surface area contributed by atoms with E-state index in [0.29, 0.717) is 5.91 Å². The summed E-state index contributed by atoms with van der Waals surface area (Å²) in [6.07, 6.45) is 5.02. The SMILES string of the molecule is CCNC(=NCCCN1CCCCCC1=O)NC(C)(C)C. The lowest BCUT2D eigenvalue weighted by atomic mass is 10.1. The molecule has 0 aliphatic carbocycles. The number of nitrogens with zero attached hydrogens (tertiary/aromatic N) is 2. The second-order valence-corrected chi connectivity index (χ2v) is 6.68. The van der Waals surface area contributed by atoms with Crippen molar-refractivity contribution in [2.45, 2.75) is 65.3 Å². The summed E-state index contributed by atoms with van der Waals surface area (Å²) in [7, 11) is 0. The topological polar surface area (TPSA) is 56.7 Å². The zero-order valence-electron chi connectivity index (χ0n) is 14.2. The molecule has 1 amide bonds. The van der Waals surface area contributed by atoms with Gasteiger partial charge in [-0.15, -0.1) is 0 Å². The monoisotopic (exact) mass is 296 g/mol. The molecule has 5 heteroatoms. The van der Waals surface area contributed by atoms with Crippen molar-refractivity contribution in [2.24, 2.45) is 4.99 Å². The maximum absolute atomic E-state index is 11.9. The molecule has 1 heterocycles. The maximum Gasteiger partial charge on any atom is 0.222 e. The number of guanidine groups is 1. The molecule has 1 saturated heterocycles. The third kappa shape index (κ3) is 7.93. The van der Waals surface area contributed by atoms with Crippen LogP contribution in [0.15, 0.2) is 4.99 Å². The lowest BCUT2D eigenvalue weighted by Crippen LogP contribution is -2.47. The summed E-state index contributed by atoms with van der Waals surface area (Å²) in [6, 6.07) is 0. The Hall–Kier alpha value is -1.26. The summed E-state index contributed by atoms with van der Waals surface area (Å²) in [4.78, 5) is 18.5. The van der Waals surface area contributed by atoms with E-state index in [9.17, 15) is 4.79 Å². The van der Waals surface area contributed by atoms with Gasteiger partial charge >= 0.3 is 0 Å². The Labute approximate surface area is 129 Å². The van der Waals surface area contributed by atoms with Gasteiger partial charge in [-0.3, -0.25) is 9.79 Å². The number of nitrogens with one attached hydrogen (secondary N) is 2. The van der Waals surface area contributed by atoms with Crippen molar-refractivity contribution in [2.75, 3.05) is 26.2 Å². The molecule has 0 bridgehead atoms. The molecule has 1 rings (SSSR count). The summed E-state index contributed by atoms with van der Waals surface area (Å²) in [5.41, 5.74) is 0.00174. The first-order valence-electron chi connectivity index (χ1n) is 8.26. The zero-order chi connectivity index (χ0) is 15.7. The highest BCUT2D eigenvalue weighted by Crippen LogP contribution is 2.11. The van der Waals surface area contributed by atoms with E-state index in [1.165, 1.54) is 6.42 Å². The Morgan fingerprint density at radius 1 is 1.29 bits per heavy atom. The van der Waals surface area contributed by atoms with Crippen LogP contribution in [0, 0.1) is 0 Å². The smallest absolute Gasteiger partial charge is 0.222 e. The Kier molecular flexibility index (Phi) is 7.54. The number of rotatable bonds is 5. The highest BCUT2D eigenvalue weighted by atomic mass is 16.2. The van der Waals surface area contributed by atoms with Gasteiger partial charge in [0.2, 0.25) is 5.91 Å². The molecule has 0 unspecified atom stereocenters. The molecular weight excluding hydrogens is 264 g/mol. The Morgan fingerprint density at radius 2 is 2.05 bits per heavy atom. The van der Waals surface area contributed by atoms with Crippen molar-refractivity contribution < 1.29 is 4.79 Å². The van der Waals surface area contributed by atoms with E-state index in [-0.39, 0.29) is 5.54 Å². The molecule has 0 aromatic carbocycles. The normalized spacial score (nSPS) is 17.6. The van der Waals surface area contributed by atoms with E-state index in [0.717, 1.165) is 57.8 Å². The van der Waals surface area contributed by atoms with Crippen LogP contribution in [0.4, 0.5) is 0 Å². The van der Waals surface area contributed by atoms with Crippen LogP contribution >= 0.6 is 0 Å². The van der Waals surface area contributed by atoms with Crippen LogP contribution in [0.3, 0.4) is 0 Å². The predicted octanol–water partition coefficient (Wildman–Crippen LogP) is 2.13. The Bertz CT molecular complexity index is 347. The summed E-state index contributed by atoms with van der Waals surface area (Å²) >= 11 is 0. The number of hydrogen-bond donors (Lipinski definition) is 2. The Morgan fingerprint density at radius 3 is 2.71 bits per heavy atom. The van der Waals surface area contributed by atoms with Crippen LogP contribution in [0.25, 0.3) is 0 Å². The predicted molar refractivity (Wildman–Crippen MR) is 88.5 cm³/mol. The summed E-state index contributed by atoms with van der Waals surface area (Å²) < 4.78 is 0. The van der Waals surface area contributed by atoms with Crippen LogP contribution in [-0.2, 0) is 4.79 Å². The van der Waals surface area contributed by atoms with Crippen molar-refractivity contribution in [3.05, 3.63) is 0 Å². The molecule has 0 saturated carbocycles. The summed E-state index contributed by atoms with van der Waals surface area (Å²) in [6.45, 7) is 11.8. The van der Waals surface area contributed by atoms with E-state index in [1.54, 1.807) is 0 Å². The molecule has 0 spiro atoms. The van der Waals surface area contributed by atoms with Crippen molar-refractivity contribution in [1.29, 1.82) is 0 Å². The van der Waals surface area contributed by atoms with Crippen LogP contribution in [-0.4, -0.2) is 48.5 Å². The van der Waals surface area contributed by atoms with Crippen LogP contribution < -0.4 is 10.6 Å². The molecule has 2 N–H and O–H groups in total. The van der Waals surface area contributed by atoms with Gasteiger partial charge in [0, 0.05) is 38.1 Å². The molecule has 0 atom stereocenters. The van der Waals surface area contributed by atoms with Crippen molar-refractivity contribution in [3.8, 4) is 0 Å². The molecule has 1 aliphatic rings. The van der Waals surface area contributed by atoms with Gasteiger partial charge in [-0.1, -0.05) is 6.42 Å².